The van der Waals surface area contributed by atoms with Crippen LogP contribution in [0.4, 0.5) is 5.82 Å². The molecule has 3 aromatic heterocycles. The number of phosphoric acid groups is 1. The van der Waals surface area contributed by atoms with E-state index in [9.17, 15) is 24.5 Å². The van der Waals surface area contributed by atoms with Gasteiger partial charge in [-0.05, 0) is 0 Å². The number of rotatable bonds is 9. The number of nitrogens with one attached hydrogen (secondary N) is 1. The highest BCUT2D eigenvalue weighted by atomic mass is 31.2. The lowest BCUT2D eigenvalue weighted by molar-refractivity contribution is -0.146. The number of phosphoric ester groups is 1. The van der Waals surface area contributed by atoms with Gasteiger partial charge >= 0.3 is 13.8 Å². The molecule has 32 heavy (non-hydrogen) atoms. The number of aromatic amines is 1. The maximum atomic E-state index is 12.3. The highest BCUT2D eigenvalue weighted by Gasteiger charge is 2.39. The minimum absolute atomic E-state index is 0.123. The minimum atomic E-state index is -4.79. The number of aliphatic hydroxyl groups excluding tert-OH is 1. The van der Waals surface area contributed by atoms with Gasteiger partial charge in [0.05, 0.1) is 25.4 Å². The number of H-pyrrole nitrogens is 1. The molecule has 1 saturated heterocycles. The lowest BCUT2D eigenvalue weighted by Crippen LogP contribution is -2.28. The van der Waals surface area contributed by atoms with Gasteiger partial charge in [0.1, 0.15) is 24.2 Å². The fourth-order valence-electron chi connectivity index (χ4n) is 3.24. The summed E-state index contributed by atoms with van der Waals surface area (Å²) in [5.41, 5.74) is 6.93. The first-order valence-electron chi connectivity index (χ1n) is 9.36. The van der Waals surface area contributed by atoms with Crippen molar-refractivity contribution in [2.24, 2.45) is 0 Å². The smallest absolute Gasteiger partial charge is 0.473 e. The summed E-state index contributed by atoms with van der Waals surface area (Å²) in [6.45, 7) is -0.522. The molecule has 6 N–H and O–H groups in total. The molecule has 1 fully saturated rings. The van der Waals surface area contributed by atoms with Crippen molar-refractivity contribution >= 4 is 30.8 Å². The second-order valence-electron chi connectivity index (χ2n) is 6.99. The molecule has 0 bridgehead atoms. The molecule has 16 heteroatoms. The van der Waals surface area contributed by atoms with Crippen LogP contribution in [0.25, 0.3) is 11.2 Å². The van der Waals surface area contributed by atoms with Gasteiger partial charge in [-0.25, -0.2) is 29.3 Å². The summed E-state index contributed by atoms with van der Waals surface area (Å²) in [7, 11) is -4.79. The Kier molecular flexibility index (Phi) is 6.19. The van der Waals surface area contributed by atoms with Crippen LogP contribution in [0.1, 0.15) is 18.3 Å². The topological polar surface area (TPSA) is 221 Å². The highest BCUT2D eigenvalue weighted by Crippen LogP contribution is 2.46. The van der Waals surface area contributed by atoms with E-state index >= 15 is 0 Å². The lowest BCUT2D eigenvalue weighted by atomic mass is 10.2. The first kappa shape index (κ1) is 22.3. The number of aliphatic hydroxyl groups is 1. The van der Waals surface area contributed by atoms with Crippen molar-refractivity contribution in [2.75, 3.05) is 12.3 Å². The monoisotopic (exact) mass is 469 g/mol. The first-order chi connectivity index (χ1) is 15.2. The molecule has 3 aromatic rings. The SMILES string of the molecule is Nc1ncnc2c1ncn2[C@H]1C[C@H](O)[C@@H](COP(=O)(O)O[C@@H](Cc2cnc[nH]2)C(=O)O)O1. The predicted molar refractivity (Wildman–Crippen MR) is 105 cm³/mol. The maximum absolute atomic E-state index is 12.3. The Morgan fingerprint density at radius 1 is 1.44 bits per heavy atom. The predicted octanol–water partition coefficient (Wildman–Crippen LogP) is -0.391. The quantitative estimate of drug-likeness (QED) is 0.252. The molecule has 0 spiro atoms. The largest absolute Gasteiger partial charge is 0.479 e. The third-order valence-corrected chi connectivity index (χ3v) is 5.80. The van der Waals surface area contributed by atoms with Gasteiger partial charge in [-0.15, -0.1) is 0 Å². The van der Waals surface area contributed by atoms with E-state index in [1.165, 1.54) is 25.2 Å². The number of imidazole rings is 2. The molecule has 0 amide bonds. The summed E-state index contributed by atoms with van der Waals surface area (Å²) in [4.78, 5) is 39.9. The van der Waals surface area contributed by atoms with E-state index in [2.05, 4.69) is 24.9 Å². The fraction of sp³-hybridized carbons (Fsp3) is 0.438. The van der Waals surface area contributed by atoms with Crippen LogP contribution in [-0.2, 0) is 29.6 Å². The van der Waals surface area contributed by atoms with Crippen molar-refractivity contribution in [3.63, 3.8) is 0 Å². The number of carboxylic acids is 1. The van der Waals surface area contributed by atoms with E-state index in [4.69, 9.17) is 19.5 Å². The van der Waals surface area contributed by atoms with Gasteiger partial charge in [-0.3, -0.25) is 13.6 Å². The summed E-state index contributed by atoms with van der Waals surface area (Å²) < 4.78 is 29.3. The number of carbonyl (C=O) groups is 1. The zero-order valence-electron chi connectivity index (χ0n) is 16.4. The van der Waals surface area contributed by atoms with Crippen LogP contribution in [0.15, 0.2) is 25.2 Å². The Balaban J connectivity index is 1.38. The Morgan fingerprint density at radius 2 is 2.25 bits per heavy atom. The van der Waals surface area contributed by atoms with Crippen molar-refractivity contribution < 1.29 is 38.3 Å². The van der Waals surface area contributed by atoms with Crippen LogP contribution in [0.2, 0.25) is 0 Å². The average Bonchev–Trinajstić information content (AvgIpc) is 3.46. The third kappa shape index (κ3) is 4.77. The summed E-state index contributed by atoms with van der Waals surface area (Å²) in [5.74, 6) is -1.27. The number of nitrogen functional groups attached to an aromatic ring is 1. The number of aromatic nitrogens is 6. The molecule has 0 saturated carbocycles. The van der Waals surface area contributed by atoms with Crippen molar-refractivity contribution in [3.8, 4) is 0 Å². The number of ether oxygens (including phenoxy) is 1. The Bertz CT molecular complexity index is 1140. The van der Waals surface area contributed by atoms with Crippen LogP contribution < -0.4 is 5.73 Å². The normalized spacial score (nSPS) is 23.9. The van der Waals surface area contributed by atoms with Crippen LogP contribution in [0.5, 0.6) is 0 Å². The van der Waals surface area contributed by atoms with Gasteiger partial charge in [0.15, 0.2) is 17.6 Å². The van der Waals surface area contributed by atoms with Crippen LogP contribution in [-0.4, -0.2) is 75.5 Å². The molecule has 4 rings (SSSR count). The second kappa shape index (κ2) is 8.90. The number of fused-ring (bicyclic) bond motifs is 1. The van der Waals surface area contributed by atoms with E-state index < -0.39 is 44.9 Å². The van der Waals surface area contributed by atoms with E-state index in [0.717, 1.165) is 0 Å². The molecule has 4 heterocycles. The van der Waals surface area contributed by atoms with Crippen molar-refractivity contribution in [3.05, 3.63) is 30.9 Å². The van der Waals surface area contributed by atoms with E-state index in [0.29, 0.717) is 16.9 Å². The van der Waals surface area contributed by atoms with E-state index in [-0.39, 0.29) is 18.7 Å². The van der Waals surface area contributed by atoms with Gasteiger partial charge in [0, 0.05) is 24.7 Å². The molecule has 1 aliphatic heterocycles. The van der Waals surface area contributed by atoms with Gasteiger partial charge < -0.3 is 30.6 Å². The second-order valence-corrected chi connectivity index (χ2v) is 8.40. The van der Waals surface area contributed by atoms with Crippen molar-refractivity contribution in [2.45, 2.75) is 37.4 Å². The van der Waals surface area contributed by atoms with Crippen molar-refractivity contribution in [1.82, 2.24) is 29.5 Å². The van der Waals surface area contributed by atoms with Gasteiger partial charge in [0.25, 0.3) is 0 Å². The molecule has 1 aliphatic rings. The van der Waals surface area contributed by atoms with Crippen LogP contribution in [0, 0.1) is 0 Å². The molecular weight excluding hydrogens is 449 g/mol. The summed E-state index contributed by atoms with van der Waals surface area (Å²) in [6.07, 6.45) is 0.913. The summed E-state index contributed by atoms with van der Waals surface area (Å²) in [5, 5.41) is 19.6. The van der Waals surface area contributed by atoms with Crippen LogP contribution >= 0.6 is 7.82 Å². The van der Waals surface area contributed by atoms with Gasteiger partial charge in [0.2, 0.25) is 0 Å². The molecule has 0 aliphatic carbocycles. The van der Waals surface area contributed by atoms with Gasteiger partial charge in [-0.1, -0.05) is 0 Å². The molecule has 172 valence electrons. The molecular formula is C16H20N7O8P. The molecule has 5 atom stereocenters. The minimum Gasteiger partial charge on any atom is -0.479 e. The number of hydrogen-bond donors (Lipinski definition) is 5. The number of anilines is 1. The molecule has 1 unspecified atom stereocenters. The van der Waals surface area contributed by atoms with Crippen molar-refractivity contribution in [1.29, 1.82) is 0 Å². The number of nitrogens with zero attached hydrogens (tertiary/aromatic N) is 5. The zero-order chi connectivity index (χ0) is 22.9. The Morgan fingerprint density at radius 3 is 2.97 bits per heavy atom. The Labute approximate surface area is 179 Å². The molecule has 0 radical (unpaired) electrons. The lowest BCUT2D eigenvalue weighted by Gasteiger charge is -2.20. The summed E-state index contributed by atoms with van der Waals surface area (Å²) >= 11 is 0. The van der Waals surface area contributed by atoms with E-state index in [1.54, 1.807) is 4.57 Å². The average molecular weight is 469 g/mol. The number of aliphatic carboxylic acids is 1. The van der Waals surface area contributed by atoms with Gasteiger partial charge in [-0.2, -0.15) is 0 Å². The number of nitrogens with two attached hydrogens (primary N) is 1. The number of hydrogen-bond acceptors (Lipinski definition) is 11. The standard InChI is InChI=1S/C16H20N7O8P/c17-14-13-15(21-6-20-14)23(7-22-13)12-2-9(24)11(30-12)4-29-32(27,28)31-10(16(25)26)1-8-3-18-5-19-8/h3,5-7,9-12,24H,1-2,4H2,(H,18,19)(H,25,26)(H,27,28)(H2,17,20,21)/t9-,10-,11+,12+/m0/s1. The fourth-order valence-corrected chi connectivity index (χ4v) is 4.12. The van der Waals surface area contributed by atoms with Crippen LogP contribution in [0.3, 0.4) is 0 Å². The highest BCUT2D eigenvalue weighted by molar-refractivity contribution is 7.47. The first-order valence-corrected chi connectivity index (χ1v) is 10.9. The third-order valence-electron chi connectivity index (χ3n) is 4.80. The Hall–Kier alpha value is -2.94. The van der Waals surface area contributed by atoms with E-state index in [1.807, 2.05) is 0 Å². The number of carboxylic acid groups (broad SMARTS) is 1. The maximum Gasteiger partial charge on any atom is 0.473 e. The molecule has 15 nitrogen and oxygen atoms in total. The molecule has 0 aromatic carbocycles. The summed E-state index contributed by atoms with van der Waals surface area (Å²) in [6, 6.07) is 0. The zero-order valence-corrected chi connectivity index (χ0v) is 17.3.